The molecule has 1 N–H and O–H groups in total. The van der Waals surface area contributed by atoms with Crippen molar-refractivity contribution in [3.8, 4) is 34.5 Å². The van der Waals surface area contributed by atoms with Crippen molar-refractivity contribution in [3.05, 3.63) is 23.9 Å². The van der Waals surface area contributed by atoms with Crippen LogP contribution in [0.4, 0.5) is 0 Å². The van der Waals surface area contributed by atoms with Gasteiger partial charge in [0.1, 0.15) is 18.8 Å². The third-order valence-electron chi connectivity index (χ3n) is 3.29. The van der Waals surface area contributed by atoms with Crippen molar-refractivity contribution >= 4 is 5.97 Å². The first kappa shape index (κ1) is 14.9. The minimum absolute atomic E-state index is 0.00933. The molecule has 0 atom stereocenters. The molecule has 0 spiro atoms. The Bertz CT molecular complexity index is 762. The van der Waals surface area contributed by atoms with Crippen molar-refractivity contribution in [1.29, 1.82) is 0 Å². The van der Waals surface area contributed by atoms with Crippen LogP contribution in [0.15, 0.2) is 18.3 Å². The molecule has 2 heterocycles. The number of carbonyl (C=O) groups is 1. The largest absolute Gasteiger partial charge is 0.486 e. The van der Waals surface area contributed by atoms with E-state index in [0.29, 0.717) is 30.1 Å². The van der Waals surface area contributed by atoms with Crippen LogP contribution in [-0.2, 0) is 0 Å². The topological polar surface area (TPSA) is 100 Å². The molecule has 23 heavy (non-hydrogen) atoms. The molecule has 0 aliphatic carbocycles. The van der Waals surface area contributed by atoms with Crippen molar-refractivity contribution < 1.29 is 28.8 Å². The van der Waals surface area contributed by atoms with Crippen LogP contribution < -0.4 is 18.9 Å². The molecule has 0 amide bonds. The number of ether oxygens (including phenoxy) is 4. The predicted octanol–water partition coefficient (Wildman–Crippen LogP) is 1.63. The maximum atomic E-state index is 11.5. The molecular weight excluding hydrogens is 304 g/mol. The summed E-state index contributed by atoms with van der Waals surface area (Å²) in [5.74, 6) is -0.253. The lowest BCUT2D eigenvalue weighted by Crippen LogP contribution is -2.18. The van der Waals surface area contributed by atoms with Gasteiger partial charge in [0, 0.05) is 6.20 Å². The van der Waals surface area contributed by atoms with E-state index in [0.717, 1.165) is 0 Å². The van der Waals surface area contributed by atoms with E-state index in [-0.39, 0.29) is 23.2 Å². The average molecular weight is 318 g/mol. The van der Waals surface area contributed by atoms with Gasteiger partial charge in [-0.3, -0.25) is 0 Å². The van der Waals surface area contributed by atoms with Gasteiger partial charge < -0.3 is 24.1 Å². The monoisotopic (exact) mass is 318 g/mol. The normalized spacial score (nSPS) is 12.6. The van der Waals surface area contributed by atoms with E-state index < -0.39 is 5.97 Å². The molecule has 1 aliphatic rings. The first-order valence-corrected chi connectivity index (χ1v) is 6.76. The van der Waals surface area contributed by atoms with Gasteiger partial charge in [-0.25, -0.2) is 9.78 Å². The van der Waals surface area contributed by atoms with Gasteiger partial charge in [0.25, 0.3) is 0 Å². The maximum Gasteiger partial charge on any atom is 0.339 e. The highest BCUT2D eigenvalue weighted by Crippen LogP contribution is 2.40. The van der Waals surface area contributed by atoms with Crippen molar-refractivity contribution in [2.45, 2.75) is 0 Å². The summed E-state index contributed by atoms with van der Waals surface area (Å²) >= 11 is 0. The smallest absolute Gasteiger partial charge is 0.339 e. The highest BCUT2D eigenvalue weighted by atomic mass is 16.6. The molecule has 1 aliphatic heterocycles. The van der Waals surface area contributed by atoms with E-state index >= 15 is 0 Å². The van der Waals surface area contributed by atoms with Crippen LogP contribution in [-0.4, -0.2) is 48.5 Å². The SMILES string of the molecule is COc1ncc(-c2cc3c(c(C(=O)O)c2)OCCO3)c(OC)n1. The number of aromatic nitrogens is 2. The summed E-state index contributed by atoms with van der Waals surface area (Å²) in [5, 5.41) is 9.40. The molecule has 0 bridgehead atoms. The molecule has 8 nitrogen and oxygen atoms in total. The van der Waals surface area contributed by atoms with E-state index in [1.165, 1.54) is 26.5 Å². The van der Waals surface area contributed by atoms with Crippen molar-refractivity contribution in [1.82, 2.24) is 9.97 Å². The van der Waals surface area contributed by atoms with Gasteiger partial charge in [-0.2, -0.15) is 4.98 Å². The fourth-order valence-electron chi connectivity index (χ4n) is 2.27. The fourth-order valence-corrected chi connectivity index (χ4v) is 2.27. The third kappa shape index (κ3) is 2.70. The number of benzene rings is 1. The Balaban J connectivity index is 2.17. The van der Waals surface area contributed by atoms with Gasteiger partial charge >= 0.3 is 12.0 Å². The Morgan fingerprint density at radius 3 is 2.70 bits per heavy atom. The number of methoxy groups -OCH3 is 2. The van der Waals surface area contributed by atoms with Gasteiger partial charge in [0.2, 0.25) is 5.88 Å². The quantitative estimate of drug-likeness (QED) is 0.908. The van der Waals surface area contributed by atoms with E-state index in [9.17, 15) is 9.90 Å². The van der Waals surface area contributed by atoms with E-state index in [1.807, 2.05) is 0 Å². The van der Waals surface area contributed by atoms with Crippen molar-refractivity contribution in [3.63, 3.8) is 0 Å². The molecule has 0 saturated carbocycles. The second-order valence-electron chi connectivity index (χ2n) is 4.63. The van der Waals surface area contributed by atoms with Crippen LogP contribution in [0.5, 0.6) is 23.4 Å². The molecule has 1 aromatic heterocycles. The lowest BCUT2D eigenvalue weighted by atomic mass is 10.0. The minimum Gasteiger partial charge on any atom is -0.486 e. The number of hydrogen-bond donors (Lipinski definition) is 1. The lowest BCUT2D eigenvalue weighted by Gasteiger charge is -2.21. The molecule has 0 saturated heterocycles. The van der Waals surface area contributed by atoms with Gasteiger partial charge in [-0.05, 0) is 17.7 Å². The second-order valence-corrected chi connectivity index (χ2v) is 4.63. The van der Waals surface area contributed by atoms with Crippen LogP contribution in [0, 0.1) is 0 Å². The molecule has 0 unspecified atom stereocenters. The standard InChI is InChI=1S/C15H14N2O6/c1-20-13-10(7-16-15(17-13)21-2)8-5-9(14(18)19)12-11(6-8)22-3-4-23-12/h5-7H,3-4H2,1-2H3,(H,18,19). The van der Waals surface area contributed by atoms with Crippen LogP contribution in [0.3, 0.4) is 0 Å². The number of nitrogens with zero attached hydrogens (tertiary/aromatic N) is 2. The third-order valence-corrected chi connectivity index (χ3v) is 3.29. The van der Waals surface area contributed by atoms with Crippen LogP contribution in [0.25, 0.3) is 11.1 Å². The molecule has 1 aromatic carbocycles. The van der Waals surface area contributed by atoms with E-state index in [1.54, 1.807) is 6.07 Å². The lowest BCUT2D eigenvalue weighted by molar-refractivity contribution is 0.0686. The van der Waals surface area contributed by atoms with Crippen LogP contribution in [0.2, 0.25) is 0 Å². The Labute approximate surface area is 131 Å². The Morgan fingerprint density at radius 1 is 1.22 bits per heavy atom. The molecule has 0 radical (unpaired) electrons. The summed E-state index contributed by atoms with van der Waals surface area (Å²) in [7, 11) is 2.91. The van der Waals surface area contributed by atoms with Crippen molar-refractivity contribution in [2.24, 2.45) is 0 Å². The molecule has 3 rings (SSSR count). The minimum atomic E-state index is -1.11. The maximum absolute atomic E-state index is 11.5. The number of fused-ring (bicyclic) bond motifs is 1. The zero-order valence-corrected chi connectivity index (χ0v) is 12.5. The summed E-state index contributed by atoms with van der Waals surface area (Å²) in [6.45, 7) is 0.660. The summed E-state index contributed by atoms with van der Waals surface area (Å²) in [6, 6.07) is 3.31. The first-order chi connectivity index (χ1) is 11.1. The number of hydrogen-bond acceptors (Lipinski definition) is 7. The summed E-state index contributed by atoms with van der Waals surface area (Å²) in [6.07, 6.45) is 1.50. The number of carboxylic acids is 1. The van der Waals surface area contributed by atoms with Gasteiger partial charge in [-0.1, -0.05) is 0 Å². The fraction of sp³-hybridized carbons (Fsp3) is 0.267. The molecule has 0 fully saturated rings. The van der Waals surface area contributed by atoms with E-state index in [4.69, 9.17) is 18.9 Å². The van der Waals surface area contributed by atoms with E-state index in [2.05, 4.69) is 9.97 Å². The Morgan fingerprint density at radius 2 is 2.00 bits per heavy atom. The predicted molar refractivity (Wildman–Crippen MR) is 78.5 cm³/mol. The van der Waals surface area contributed by atoms with Gasteiger partial charge in [0.05, 0.1) is 19.8 Å². The zero-order valence-electron chi connectivity index (χ0n) is 12.5. The summed E-state index contributed by atoms with van der Waals surface area (Å²) < 4.78 is 21.1. The number of rotatable bonds is 4. The highest BCUT2D eigenvalue weighted by molar-refractivity contribution is 5.94. The molecule has 120 valence electrons. The molecule has 8 heteroatoms. The number of aromatic carboxylic acids is 1. The highest BCUT2D eigenvalue weighted by Gasteiger charge is 2.23. The average Bonchev–Trinajstić information content (AvgIpc) is 2.59. The zero-order chi connectivity index (χ0) is 16.4. The first-order valence-electron chi connectivity index (χ1n) is 6.76. The molecule has 2 aromatic rings. The molecular formula is C15H14N2O6. The Hall–Kier alpha value is -3.03. The van der Waals surface area contributed by atoms with Gasteiger partial charge in [-0.15, -0.1) is 0 Å². The van der Waals surface area contributed by atoms with Gasteiger partial charge in [0.15, 0.2) is 11.5 Å². The van der Waals surface area contributed by atoms with Crippen LogP contribution >= 0.6 is 0 Å². The summed E-state index contributed by atoms with van der Waals surface area (Å²) in [5.41, 5.74) is 1.08. The number of carboxylic acid groups (broad SMARTS) is 1. The summed E-state index contributed by atoms with van der Waals surface area (Å²) in [4.78, 5) is 19.6. The van der Waals surface area contributed by atoms with Crippen molar-refractivity contribution in [2.75, 3.05) is 27.4 Å². The second kappa shape index (κ2) is 5.99. The Kier molecular flexibility index (Phi) is 3.88. The van der Waals surface area contributed by atoms with Crippen LogP contribution in [0.1, 0.15) is 10.4 Å².